The summed E-state index contributed by atoms with van der Waals surface area (Å²) in [7, 11) is 0. The standard InChI is InChI=1S/C21H19FO4/c1-2-3-5-10-19(23)24-13-16-11-18(22)12-17-14-25-21(26-20(16)17)15-8-6-4-7-9-15/h2-12,21H,13-14H2,1H3/b3-2+,10-5+/t21-/m0/s1. The van der Waals surface area contributed by atoms with Gasteiger partial charge >= 0.3 is 5.97 Å². The van der Waals surface area contributed by atoms with Crippen LogP contribution in [0.1, 0.15) is 29.9 Å². The number of halogens is 1. The zero-order valence-electron chi connectivity index (χ0n) is 14.4. The number of hydrogen-bond acceptors (Lipinski definition) is 4. The van der Waals surface area contributed by atoms with Crippen molar-refractivity contribution < 1.29 is 23.4 Å². The van der Waals surface area contributed by atoms with E-state index in [1.165, 1.54) is 18.2 Å². The van der Waals surface area contributed by atoms with Crippen molar-refractivity contribution >= 4 is 5.97 Å². The Morgan fingerprint density at radius 1 is 1.27 bits per heavy atom. The third-order valence-corrected chi connectivity index (χ3v) is 3.80. The van der Waals surface area contributed by atoms with Crippen LogP contribution < -0.4 is 4.74 Å². The number of rotatable bonds is 5. The molecular formula is C21H19FO4. The number of carbonyl (C=O) groups is 1. The van der Waals surface area contributed by atoms with Crippen LogP contribution in [0.3, 0.4) is 0 Å². The van der Waals surface area contributed by atoms with E-state index in [2.05, 4.69) is 0 Å². The molecule has 0 unspecified atom stereocenters. The van der Waals surface area contributed by atoms with Crippen molar-refractivity contribution in [1.29, 1.82) is 0 Å². The second-order valence-electron chi connectivity index (χ2n) is 5.72. The van der Waals surface area contributed by atoms with Crippen LogP contribution in [0.5, 0.6) is 5.75 Å². The van der Waals surface area contributed by atoms with Crippen LogP contribution in [0.2, 0.25) is 0 Å². The highest BCUT2D eigenvalue weighted by molar-refractivity contribution is 5.82. The Hall–Kier alpha value is -2.92. The summed E-state index contributed by atoms with van der Waals surface area (Å²) in [6.07, 6.45) is 5.82. The molecule has 0 aliphatic carbocycles. The van der Waals surface area contributed by atoms with Crippen molar-refractivity contribution in [2.24, 2.45) is 0 Å². The number of ether oxygens (including phenoxy) is 3. The topological polar surface area (TPSA) is 44.8 Å². The molecule has 0 amide bonds. The van der Waals surface area contributed by atoms with Crippen molar-refractivity contribution in [1.82, 2.24) is 0 Å². The first-order valence-electron chi connectivity index (χ1n) is 8.28. The van der Waals surface area contributed by atoms with Gasteiger partial charge in [0.05, 0.1) is 6.61 Å². The van der Waals surface area contributed by atoms with Crippen LogP contribution >= 0.6 is 0 Å². The molecule has 0 spiro atoms. The fourth-order valence-electron chi connectivity index (χ4n) is 2.60. The summed E-state index contributed by atoms with van der Waals surface area (Å²) < 4.78 is 30.7. The van der Waals surface area contributed by atoms with Crippen molar-refractivity contribution in [3.8, 4) is 5.75 Å². The first kappa shape index (κ1) is 17.9. The first-order valence-corrected chi connectivity index (χ1v) is 8.28. The van der Waals surface area contributed by atoms with Crippen LogP contribution in [0.15, 0.2) is 66.8 Å². The summed E-state index contributed by atoms with van der Waals surface area (Å²) in [4.78, 5) is 11.7. The summed E-state index contributed by atoms with van der Waals surface area (Å²) in [6, 6.07) is 12.2. The molecule has 3 rings (SSSR count). The molecule has 0 aromatic heterocycles. The minimum absolute atomic E-state index is 0.0827. The number of fused-ring (bicyclic) bond motifs is 1. The maximum absolute atomic E-state index is 13.9. The second kappa shape index (κ2) is 8.45. The molecule has 2 aromatic rings. The molecular weight excluding hydrogens is 335 g/mol. The quantitative estimate of drug-likeness (QED) is 0.447. The van der Waals surface area contributed by atoms with E-state index in [1.807, 2.05) is 37.3 Å². The Morgan fingerprint density at radius 2 is 2.08 bits per heavy atom. The number of hydrogen-bond donors (Lipinski definition) is 0. The van der Waals surface area contributed by atoms with E-state index in [1.54, 1.807) is 18.2 Å². The predicted octanol–water partition coefficient (Wildman–Crippen LogP) is 4.61. The maximum Gasteiger partial charge on any atom is 0.331 e. The van der Waals surface area contributed by atoms with E-state index in [0.29, 0.717) is 16.9 Å². The molecule has 2 aromatic carbocycles. The molecule has 0 radical (unpaired) electrons. The van der Waals surface area contributed by atoms with Gasteiger partial charge < -0.3 is 14.2 Å². The van der Waals surface area contributed by atoms with Crippen molar-refractivity contribution in [2.45, 2.75) is 26.4 Å². The molecule has 1 aliphatic rings. The van der Waals surface area contributed by atoms with Crippen molar-refractivity contribution in [3.63, 3.8) is 0 Å². The third-order valence-electron chi connectivity index (χ3n) is 3.80. The van der Waals surface area contributed by atoms with E-state index >= 15 is 0 Å². The van der Waals surface area contributed by atoms with E-state index in [-0.39, 0.29) is 13.2 Å². The van der Waals surface area contributed by atoms with Gasteiger partial charge in [-0.1, -0.05) is 48.6 Å². The average molecular weight is 354 g/mol. The van der Waals surface area contributed by atoms with Crippen LogP contribution in [-0.4, -0.2) is 5.97 Å². The van der Waals surface area contributed by atoms with Gasteiger partial charge in [-0.05, 0) is 19.1 Å². The smallest absolute Gasteiger partial charge is 0.331 e. The van der Waals surface area contributed by atoms with Gasteiger partial charge in [-0.3, -0.25) is 0 Å². The van der Waals surface area contributed by atoms with Gasteiger partial charge in [0.25, 0.3) is 0 Å². The first-order chi connectivity index (χ1) is 12.7. The van der Waals surface area contributed by atoms with Gasteiger partial charge in [0.2, 0.25) is 6.29 Å². The van der Waals surface area contributed by atoms with Crippen molar-refractivity contribution in [3.05, 3.63) is 89.3 Å². The molecule has 0 saturated carbocycles. The summed E-state index contributed by atoms with van der Waals surface area (Å²) in [5.74, 6) is -0.436. The molecule has 134 valence electrons. The number of benzene rings is 2. The summed E-state index contributed by atoms with van der Waals surface area (Å²) >= 11 is 0. The number of allylic oxidation sites excluding steroid dienone is 3. The minimum Gasteiger partial charge on any atom is -0.460 e. The largest absolute Gasteiger partial charge is 0.460 e. The molecule has 5 heteroatoms. The van der Waals surface area contributed by atoms with E-state index in [9.17, 15) is 9.18 Å². The highest BCUT2D eigenvalue weighted by Crippen LogP contribution is 2.36. The lowest BCUT2D eigenvalue weighted by molar-refractivity contribution is -0.139. The Kier molecular flexibility index (Phi) is 5.81. The molecule has 4 nitrogen and oxygen atoms in total. The van der Waals surface area contributed by atoms with Crippen LogP contribution in [0.4, 0.5) is 4.39 Å². The molecule has 0 N–H and O–H groups in total. The fourth-order valence-corrected chi connectivity index (χ4v) is 2.60. The highest BCUT2D eigenvalue weighted by Gasteiger charge is 2.25. The Labute approximate surface area is 151 Å². The van der Waals surface area contributed by atoms with Crippen LogP contribution in [-0.2, 0) is 27.5 Å². The predicted molar refractivity (Wildman–Crippen MR) is 94.8 cm³/mol. The third kappa shape index (κ3) is 4.37. The second-order valence-corrected chi connectivity index (χ2v) is 5.72. The average Bonchev–Trinajstić information content (AvgIpc) is 2.66. The van der Waals surface area contributed by atoms with E-state index < -0.39 is 18.1 Å². The minimum atomic E-state index is -0.585. The molecule has 0 bridgehead atoms. The van der Waals surface area contributed by atoms with Gasteiger partial charge in [0.15, 0.2) is 0 Å². The fraction of sp³-hybridized carbons (Fsp3) is 0.190. The zero-order valence-corrected chi connectivity index (χ0v) is 14.4. The summed E-state index contributed by atoms with van der Waals surface area (Å²) in [6.45, 7) is 1.98. The molecule has 26 heavy (non-hydrogen) atoms. The van der Waals surface area contributed by atoms with Gasteiger partial charge in [-0.15, -0.1) is 0 Å². The van der Waals surface area contributed by atoms with E-state index in [0.717, 1.165) is 5.56 Å². The Balaban J connectivity index is 1.77. The lowest BCUT2D eigenvalue weighted by atomic mass is 10.1. The molecule has 0 fully saturated rings. The Bertz CT molecular complexity index is 827. The zero-order chi connectivity index (χ0) is 18.4. The molecule has 1 heterocycles. The number of esters is 1. The summed E-state index contributed by atoms with van der Waals surface area (Å²) in [5.41, 5.74) is 1.92. The van der Waals surface area contributed by atoms with E-state index in [4.69, 9.17) is 14.2 Å². The van der Waals surface area contributed by atoms with Crippen molar-refractivity contribution in [2.75, 3.05) is 0 Å². The van der Waals surface area contributed by atoms with Gasteiger partial charge in [0, 0.05) is 22.8 Å². The highest BCUT2D eigenvalue weighted by atomic mass is 19.1. The van der Waals surface area contributed by atoms with Gasteiger partial charge in [-0.25, -0.2) is 9.18 Å². The molecule has 1 atom stereocenters. The van der Waals surface area contributed by atoms with Crippen LogP contribution in [0, 0.1) is 5.82 Å². The maximum atomic E-state index is 13.9. The SMILES string of the molecule is C/C=C/C=C/C(=O)OCc1cc(F)cc2c1O[C@@H](c1ccccc1)OC2. The van der Waals surface area contributed by atoms with Gasteiger partial charge in [-0.2, -0.15) is 0 Å². The number of carbonyl (C=O) groups excluding carboxylic acids is 1. The molecule has 0 saturated heterocycles. The molecule has 1 aliphatic heterocycles. The van der Waals surface area contributed by atoms with Crippen LogP contribution in [0.25, 0.3) is 0 Å². The monoisotopic (exact) mass is 354 g/mol. The lowest BCUT2D eigenvalue weighted by Crippen LogP contribution is -2.19. The lowest BCUT2D eigenvalue weighted by Gasteiger charge is -2.28. The Morgan fingerprint density at radius 3 is 2.85 bits per heavy atom. The summed E-state index contributed by atoms with van der Waals surface area (Å²) in [5, 5.41) is 0. The van der Waals surface area contributed by atoms with Gasteiger partial charge in [0.1, 0.15) is 18.2 Å². The normalized spacial score (nSPS) is 16.5.